The third-order valence-electron chi connectivity index (χ3n) is 8.38. The molecular weight excluding hydrogens is 352 g/mol. The van der Waals surface area contributed by atoms with E-state index in [1.165, 1.54) is 32.1 Å². The van der Waals surface area contributed by atoms with Gasteiger partial charge in [-0.3, -0.25) is 4.79 Å². The molecule has 0 aromatic carbocycles. The predicted octanol–water partition coefficient (Wildman–Crippen LogP) is 2.34. The highest BCUT2D eigenvalue weighted by Gasteiger charge is 2.47. The average Bonchev–Trinajstić information content (AvgIpc) is 3.08. The second kappa shape index (κ2) is 7.85. The normalized spacial score (nSPS) is 39.3. The quantitative estimate of drug-likeness (QED) is 0.763. The fraction of sp³-hybridized carbons (Fsp3) is 0.909. The summed E-state index contributed by atoms with van der Waals surface area (Å²) in [7, 11) is 0. The molecule has 3 amide bonds. The summed E-state index contributed by atoms with van der Waals surface area (Å²) in [4.78, 5) is 30.1. The summed E-state index contributed by atoms with van der Waals surface area (Å²) in [6.07, 6.45) is 11.9. The molecule has 0 aromatic rings. The first-order valence-corrected chi connectivity index (χ1v) is 11.8. The Morgan fingerprint density at radius 1 is 0.929 bits per heavy atom. The Morgan fingerprint density at radius 2 is 1.71 bits per heavy atom. The standard InChI is InChI=1S/C22H36N4O2/c27-21(17-6-5-15-3-1-2-4-16(15)13-17)25-12-9-20-19(14-25)24-22(28)26(20)18-7-10-23-11-8-18/h15-20,23H,1-14H2,(H,24,28). The van der Waals surface area contributed by atoms with Crippen LogP contribution >= 0.6 is 0 Å². The van der Waals surface area contributed by atoms with Crippen LogP contribution in [0.25, 0.3) is 0 Å². The first-order valence-electron chi connectivity index (χ1n) is 11.8. The van der Waals surface area contributed by atoms with Crippen LogP contribution in [-0.2, 0) is 4.79 Å². The van der Waals surface area contributed by atoms with E-state index in [0.717, 1.165) is 63.6 Å². The Labute approximate surface area is 168 Å². The van der Waals surface area contributed by atoms with Crippen LogP contribution in [0.15, 0.2) is 0 Å². The number of amides is 3. The van der Waals surface area contributed by atoms with Gasteiger partial charge in [-0.1, -0.05) is 25.7 Å². The lowest BCUT2D eigenvalue weighted by Gasteiger charge is -2.43. The minimum absolute atomic E-state index is 0.0962. The molecular formula is C22H36N4O2. The van der Waals surface area contributed by atoms with Crippen molar-refractivity contribution in [3.63, 3.8) is 0 Å². The minimum atomic E-state index is 0.0962. The molecule has 5 fully saturated rings. The van der Waals surface area contributed by atoms with Crippen LogP contribution in [0, 0.1) is 17.8 Å². The molecule has 5 rings (SSSR count). The van der Waals surface area contributed by atoms with Gasteiger partial charge in [0.25, 0.3) is 0 Å². The van der Waals surface area contributed by atoms with Crippen molar-refractivity contribution in [1.29, 1.82) is 0 Å². The van der Waals surface area contributed by atoms with Crippen LogP contribution in [0.5, 0.6) is 0 Å². The molecule has 3 aliphatic heterocycles. The Bertz CT molecular complexity index is 605. The zero-order chi connectivity index (χ0) is 19.1. The maximum absolute atomic E-state index is 13.3. The van der Waals surface area contributed by atoms with Gasteiger partial charge < -0.3 is 20.4 Å². The molecule has 28 heavy (non-hydrogen) atoms. The Hall–Kier alpha value is -1.30. The van der Waals surface area contributed by atoms with E-state index in [1.807, 2.05) is 0 Å². The van der Waals surface area contributed by atoms with Crippen molar-refractivity contribution in [3.05, 3.63) is 0 Å². The third kappa shape index (κ3) is 3.42. The van der Waals surface area contributed by atoms with Crippen LogP contribution in [0.3, 0.4) is 0 Å². The predicted molar refractivity (Wildman–Crippen MR) is 108 cm³/mol. The summed E-state index contributed by atoms with van der Waals surface area (Å²) in [6.45, 7) is 3.53. The lowest BCUT2D eigenvalue weighted by molar-refractivity contribution is -0.139. The van der Waals surface area contributed by atoms with Gasteiger partial charge in [-0.15, -0.1) is 0 Å². The Kier molecular flexibility index (Phi) is 5.24. The largest absolute Gasteiger partial charge is 0.340 e. The fourth-order valence-corrected chi connectivity index (χ4v) is 6.88. The number of fused-ring (bicyclic) bond motifs is 2. The highest BCUT2D eigenvalue weighted by molar-refractivity contribution is 5.81. The first kappa shape index (κ1) is 18.7. The number of hydrogen-bond acceptors (Lipinski definition) is 3. The maximum atomic E-state index is 13.3. The Balaban J connectivity index is 1.20. The minimum Gasteiger partial charge on any atom is -0.340 e. The molecule has 2 aliphatic carbocycles. The second-order valence-electron chi connectivity index (χ2n) is 9.90. The van der Waals surface area contributed by atoms with Gasteiger partial charge in [0.1, 0.15) is 0 Å². The number of likely N-dealkylation sites (tertiary alicyclic amines) is 1. The number of carbonyl (C=O) groups is 2. The van der Waals surface area contributed by atoms with Gasteiger partial charge in [0.15, 0.2) is 0 Å². The molecule has 0 bridgehead atoms. The van der Waals surface area contributed by atoms with Crippen molar-refractivity contribution in [2.45, 2.75) is 82.3 Å². The Morgan fingerprint density at radius 3 is 2.54 bits per heavy atom. The molecule has 3 heterocycles. The summed E-state index contributed by atoms with van der Waals surface area (Å²) in [5, 5.41) is 6.60. The SMILES string of the molecule is O=C(C1CCC2CCCCC2C1)N1CCC2C(C1)NC(=O)N2C1CCNCC1. The molecule has 0 aromatic heterocycles. The second-order valence-corrected chi connectivity index (χ2v) is 9.90. The van der Waals surface area contributed by atoms with Crippen LogP contribution in [0.1, 0.15) is 64.2 Å². The summed E-state index contributed by atoms with van der Waals surface area (Å²) < 4.78 is 0. The van der Waals surface area contributed by atoms with Gasteiger partial charge in [0.05, 0.1) is 12.1 Å². The van der Waals surface area contributed by atoms with E-state index in [9.17, 15) is 9.59 Å². The van der Waals surface area contributed by atoms with Crippen molar-refractivity contribution >= 4 is 11.9 Å². The van der Waals surface area contributed by atoms with Crippen molar-refractivity contribution < 1.29 is 9.59 Å². The molecule has 6 nitrogen and oxygen atoms in total. The summed E-state index contributed by atoms with van der Waals surface area (Å²) in [5.74, 6) is 2.28. The average molecular weight is 389 g/mol. The van der Waals surface area contributed by atoms with Crippen molar-refractivity contribution in [1.82, 2.24) is 20.4 Å². The van der Waals surface area contributed by atoms with Crippen molar-refractivity contribution in [2.24, 2.45) is 17.8 Å². The van der Waals surface area contributed by atoms with E-state index in [1.54, 1.807) is 0 Å². The van der Waals surface area contributed by atoms with E-state index in [4.69, 9.17) is 0 Å². The molecule has 0 radical (unpaired) electrons. The zero-order valence-electron chi connectivity index (χ0n) is 17.1. The van der Waals surface area contributed by atoms with Gasteiger partial charge in [0.2, 0.25) is 5.91 Å². The van der Waals surface area contributed by atoms with Gasteiger partial charge in [-0.2, -0.15) is 0 Å². The van der Waals surface area contributed by atoms with E-state index in [2.05, 4.69) is 20.4 Å². The lowest BCUT2D eigenvalue weighted by Crippen LogP contribution is -2.56. The lowest BCUT2D eigenvalue weighted by atomic mass is 9.67. The fourth-order valence-electron chi connectivity index (χ4n) is 6.88. The number of nitrogens with one attached hydrogen (secondary N) is 2. The van der Waals surface area contributed by atoms with Crippen molar-refractivity contribution in [3.8, 4) is 0 Å². The molecule has 2 saturated carbocycles. The first-order chi connectivity index (χ1) is 13.7. The van der Waals surface area contributed by atoms with Crippen LogP contribution in [-0.4, -0.2) is 66.0 Å². The molecule has 5 aliphatic rings. The van der Waals surface area contributed by atoms with Gasteiger partial charge in [0, 0.05) is 25.0 Å². The smallest absolute Gasteiger partial charge is 0.318 e. The monoisotopic (exact) mass is 388 g/mol. The van der Waals surface area contributed by atoms with Crippen molar-refractivity contribution in [2.75, 3.05) is 26.2 Å². The highest BCUT2D eigenvalue weighted by Crippen LogP contribution is 2.43. The molecule has 156 valence electrons. The number of piperidine rings is 2. The van der Waals surface area contributed by atoms with Crippen LogP contribution < -0.4 is 10.6 Å². The summed E-state index contributed by atoms with van der Waals surface area (Å²) in [5.41, 5.74) is 0. The molecule has 2 N–H and O–H groups in total. The zero-order valence-corrected chi connectivity index (χ0v) is 17.1. The van der Waals surface area contributed by atoms with Crippen LogP contribution in [0.2, 0.25) is 0 Å². The highest BCUT2D eigenvalue weighted by atomic mass is 16.2. The topological polar surface area (TPSA) is 64.7 Å². The number of carbonyl (C=O) groups excluding carboxylic acids is 2. The van der Waals surface area contributed by atoms with E-state index >= 15 is 0 Å². The third-order valence-corrected chi connectivity index (χ3v) is 8.38. The maximum Gasteiger partial charge on any atom is 0.318 e. The molecule has 6 heteroatoms. The van der Waals surface area contributed by atoms with Crippen LogP contribution in [0.4, 0.5) is 4.79 Å². The molecule has 5 unspecified atom stereocenters. The molecule has 0 spiro atoms. The number of hydrogen-bond donors (Lipinski definition) is 2. The van der Waals surface area contributed by atoms with E-state index < -0.39 is 0 Å². The number of nitrogens with zero attached hydrogens (tertiary/aromatic N) is 2. The summed E-state index contributed by atoms with van der Waals surface area (Å²) >= 11 is 0. The molecule has 3 saturated heterocycles. The number of urea groups is 1. The van der Waals surface area contributed by atoms with Gasteiger partial charge in [-0.05, 0) is 63.5 Å². The molecule has 5 atom stereocenters. The summed E-state index contributed by atoms with van der Waals surface area (Å²) in [6, 6.07) is 0.846. The van der Waals surface area contributed by atoms with Gasteiger partial charge in [-0.25, -0.2) is 4.79 Å². The van der Waals surface area contributed by atoms with Gasteiger partial charge >= 0.3 is 6.03 Å². The van der Waals surface area contributed by atoms with E-state index in [-0.39, 0.29) is 24.0 Å². The van der Waals surface area contributed by atoms with E-state index in [0.29, 0.717) is 18.5 Å². The number of rotatable bonds is 2.